The van der Waals surface area contributed by atoms with Crippen LogP contribution in [0.25, 0.3) is 21.9 Å². The minimum absolute atomic E-state index is 0.00985. The molecule has 2 aliphatic rings. The zero-order valence-electron chi connectivity index (χ0n) is 18.1. The maximum Gasteiger partial charge on any atom is 0.291 e. The zero-order valence-corrected chi connectivity index (χ0v) is 18.8. The van der Waals surface area contributed by atoms with Gasteiger partial charge in [0.15, 0.2) is 0 Å². The first-order valence-corrected chi connectivity index (χ1v) is 11.3. The molecule has 2 aliphatic heterocycles. The second-order valence-corrected chi connectivity index (χ2v) is 8.70. The van der Waals surface area contributed by atoms with E-state index in [0.29, 0.717) is 36.4 Å². The van der Waals surface area contributed by atoms with Gasteiger partial charge in [0.05, 0.1) is 16.6 Å². The molecule has 0 spiro atoms. The highest BCUT2D eigenvalue weighted by molar-refractivity contribution is 6.29. The number of nitrogens with one attached hydrogen (secondary N) is 2. The Labute approximate surface area is 198 Å². The second-order valence-electron chi connectivity index (χ2n) is 8.32. The van der Waals surface area contributed by atoms with E-state index in [4.69, 9.17) is 20.8 Å². The van der Waals surface area contributed by atoms with E-state index in [1.165, 1.54) is 6.07 Å². The van der Waals surface area contributed by atoms with Crippen molar-refractivity contribution in [1.82, 2.24) is 25.2 Å². The normalized spacial score (nSPS) is 17.5. The van der Waals surface area contributed by atoms with Crippen LogP contribution < -0.4 is 15.4 Å². The molecule has 1 fully saturated rings. The summed E-state index contributed by atoms with van der Waals surface area (Å²) in [6, 6.07) is 8.50. The molecule has 0 saturated carbocycles. The zero-order chi connectivity index (χ0) is 23.4. The topological polar surface area (TPSA) is 122 Å². The number of amides is 2. The van der Waals surface area contributed by atoms with E-state index in [1.807, 2.05) is 13.0 Å². The lowest BCUT2D eigenvalue weighted by molar-refractivity contribution is 0.0637. The van der Waals surface area contributed by atoms with Crippen molar-refractivity contribution in [1.29, 1.82) is 0 Å². The van der Waals surface area contributed by atoms with Gasteiger partial charge in [0.1, 0.15) is 10.7 Å². The first kappa shape index (κ1) is 20.7. The van der Waals surface area contributed by atoms with Gasteiger partial charge in [-0.05, 0) is 31.5 Å². The number of fused-ring (bicyclic) bond motifs is 5. The van der Waals surface area contributed by atoms with Gasteiger partial charge in [-0.1, -0.05) is 11.6 Å². The number of rotatable bonds is 3. The second kappa shape index (κ2) is 7.84. The summed E-state index contributed by atoms with van der Waals surface area (Å²) in [5, 5.41) is 7.90. The van der Waals surface area contributed by atoms with Crippen LogP contribution in [0.4, 0.5) is 5.69 Å². The fourth-order valence-electron chi connectivity index (χ4n) is 4.08. The highest BCUT2D eigenvalue weighted by atomic mass is 35.5. The van der Waals surface area contributed by atoms with Crippen LogP contribution in [0.15, 0.2) is 34.7 Å². The van der Waals surface area contributed by atoms with Gasteiger partial charge < -0.3 is 24.7 Å². The highest BCUT2D eigenvalue weighted by Gasteiger charge is 2.27. The van der Waals surface area contributed by atoms with Crippen LogP contribution in [-0.2, 0) is 0 Å². The number of nitrogens with zero attached hydrogens (tertiary/aromatic N) is 4. The van der Waals surface area contributed by atoms with Crippen molar-refractivity contribution in [3.63, 3.8) is 0 Å². The Bertz CT molecular complexity index is 1480. The summed E-state index contributed by atoms with van der Waals surface area (Å²) in [4.78, 5) is 39.5. The van der Waals surface area contributed by atoms with Crippen LogP contribution in [0.3, 0.4) is 0 Å². The number of pyridine rings is 1. The molecular formula is C23H19ClN6O4. The Morgan fingerprint density at radius 2 is 2.03 bits per heavy atom. The van der Waals surface area contributed by atoms with E-state index in [0.717, 1.165) is 17.2 Å². The molecule has 10 nitrogen and oxygen atoms in total. The Morgan fingerprint density at radius 3 is 2.82 bits per heavy atom. The van der Waals surface area contributed by atoms with E-state index < -0.39 is 0 Å². The van der Waals surface area contributed by atoms with Crippen molar-refractivity contribution in [2.24, 2.45) is 0 Å². The Kier molecular flexibility index (Phi) is 4.77. The number of benzene rings is 1. The molecule has 3 aromatic heterocycles. The molecule has 11 heteroatoms. The molecule has 1 atom stereocenters. The van der Waals surface area contributed by atoms with Crippen molar-refractivity contribution in [2.45, 2.75) is 19.4 Å². The molecule has 2 amide bonds. The fraction of sp³-hybridized carbons (Fsp3) is 0.261. The van der Waals surface area contributed by atoms with Crippen molar-refractivity contribution in [3.8, 4) is 11.8 Å². The third-order valence-electron chi connectivity index (χ3n) is 5.88. The van der Waals surface area contributed by atoms with Crippen LogP contribution >= 0.6 is 11.6 Å². The third kappa shape index (κ3) is 3.47. The molecule has 34 heavy (non-hydrogen) atoms. The smallest absolute Gasteiger partial charge is 0.291 e. The van der Waals surface area contributed by atoms with E-state index in [-0.39, 0.29) is 46.4 Å². The summed E-state index contributed by atoms with van der Waals surface area (Å²) in [7, 11) is 0. The van der Waals surface area contributed by atoms with Crippen LogP contribution in [0.5, 0.6) is 11.8 Å². The monoisotopic (exact) mass is 478 g/mol. The minimum Gasteiger partial charge on any atom is -0.449 e. The van der Waals surface area contributed by atoms with Crippen LogP contribution in [0, 0.1) is 0 Å². The fourth-order valence-corrected chi connectivity index (χ4v) is 4.25. The van der Waals surface area contributed by atoms with Gasteiger partial charge in [-0.3, -0.25) is 9.59 Å². The van der Waals surface area contributed by atoms with E-state index >= 15 is 0 Å². The highest BCUT2D eigenvalue weighted by Crippen LogP contribution is 2.37. The van der Waals surface area contributed by atoms with Crippen molar-refractivity contribution in [3.05, 3.63) is 47.1 Å². The summed E-state index contributed by atoms with van der Waals surface area (Å²) in [6.45, 7) is 3.85. The summed E-state index contributed by atoms with van der Waals surface area (Å²) in [5.41, 5.74) is 1.88. The Morgan fingerprint density at radius 1 is 1.18 bits per heavy atom. The number of furan rings is 1. The lowest BCUT2D eigenvalue weighted by Gasteiger charge is -2.30. The van der Waals surface area contributed by atoms with Crippen LogP contribution in [-0.4, -0.2) is 57.3 Å². The number of anilines is 1. The lowest BCUT2D eigenvalue weighted by Crippen LogP contribution is -2.42. The molecule has 1 aromatic carbocycles. The van der Waals surface area contributed by atoms with Gasteiger partial charge >= 0.3 is 0 Å². The first-order valence-electron chi connectivity index (χ1n) is 10.9. The summed E-state index contributed by atoms with van der Waals surface area (Å²) < 4.78 is 11.7. The van der Waals surface area contributed by atoms with E-state index in [2.05, 4.69) is 25.6 Å². The van der Waals surface area contributed by atoms with Gasteiger partial charge in [0.25, 0.3) is 11.8 Å². The summed E-state index contributed by atoms with van der Waals surface area (Å²) in [5.74, 6) is 0.110. The quantitative estimate of drug-likeness (QED) is 0.428. The number of carbonyl (C=O) groups excluding carboxylic acids is 2. The molecule has 0 aliphatic carbocycles. The molecule has 1 saturated heterocycles. The Hall–Kier alpha value is -3.92. The number of halogens is 1. The molecule has 4 aromatic rings. The van der Waals surface area contributed by atoms with Gasteiger partial charge in [-0.15, -0.1) is 0 Å². The van der Waals surface area contributed by atoms with E-state index in [1.54, 1.807) is 23.1 Å². The molecule has 1 unspecified atom stereocenters. The average Bonchev–Trinajstić information content (AvgIpc) is 3.08. The number of likely N-dealkylation sites (tertiary alicyclic amines) is 1. The number of ether oxygens (including phenoxy) is 1. The SMILES string of the molecule is CC1CNc2c(oc3ccc4nc(Oc5cc(Cl)nc(C(=O)N6CCC6)n5)ccc4c23)C(=O)N1. The number of hydrogen-bond donors (Lipinski definition) is 2. The predicted molar refractivity (Wildman–Crippen MR) is 125 cm³/mol. The summed E-state index contributed by atoms with van der Waals surface area (Å²) >= 11 is 6.10. The predicted octanol–water partition coefficient (Wildman–Crippen LogP) is 3.61. The number of hydrogen-bond acceptors (Lipinski definition) is 8. The van der Waals surface area contributed by atoms with E-state index in [9.17, 15) is 9.59 Å². The summed E-state index contributed by atoms with van der Waals surface area (Å²) in [6.07, 6.45) is 0.961. The van der Waals surface area contributed by atoms with Gasteiger partial charge in [0, 0.05) is 43.2 Å². The molecule has 0 bridgehead atoms. The molecule has 6 rings (SSSR count). The first-order chi connectivity index (χ1) is 16.5. The molecule has 0 radical (unpaired) electrons. The van der Waals surface area contributed by atoms with Crippen molar-refractivity contribution >= 4 is 51.0 Å². The molecular weight excluding hydrogens is 460 g/mol. The van der Waals surface area contributed by atoms with Crippen LogP contribution in [0.1, 0.15) is 34.5 Å². The van der Waals surface area contributed by atoms with Gasteiger partial charge in [-0.25, -0.2) is 9.97 Å². The lowest BCUT2D eigenvalue weighted by atomic mass is 10.1. The number of carbonyl (C=O) groups is 2. The minimum atomic E-state index is -0.279. The Balaban J connectivity index is 1.36. The van der Waals surface area contributed by atoms with Gasteiger partial charge in [0.2, 0.25) is 23.3 Å². The number of aromatic nitrogens is 3. The average molecular weight is 479 g/mol. The third-order valence-corrected chi connectivity index (χ3v) is 6.07. The maximum absolute atomic E-state index is 12.5. The van der Waals surface area contributed by atoms with Gasteiger partial charge in [-0.2, -0.15) is 4.98 Å². The van der Waals surface area contributed by atoms with Crippen LogP contribution in [0.2, 0.25) is 5.15 Å². The molecule has 172 valence electrons. The standard InChI is InChI=1S/C23H19ClN6O4/c1-11-10-25-19-18-12-3-6-16(27-13(12)4-5-14(18)33-20(19)22(31)26-11)34-17-9-15(24)28-21(29-17)23(32)30-7-2-8-30/h3-6,9,11,25H,2,7-8,10H2,1H3,(H,26,31). The maximum atomic E-state index is 12.5. The van der Waals surface area contributed by atoms with Crippen molar-refractivity contribution in [2.75, 3.05) is 25.0 Å². The van der Waals surface area contributed by atoms with Crippen molar-refractivity contribution < 1.29 is 18.7 Å². The largest absolute Gasteiger partial charge is 0.449 e. The molecule has 2 N–H and O–H groups in total. The molecule has 5 heterocycles.